The van der Waals surface area contributed by atoms with Crippen LogP contribution in [0.2, 0.25) is 0 Å². The number of benzene rings is 1. The van der Waals surface area contributed by atoms with E-state index in [4.69, 9.17) is 5.11 Å². The van der Waals surface area contributed by atoms with Gasteiger partial charge in [0, 0.05) is 5.56 Å². The van der Waals surface area contributed by atoms with Gasteiger partial charge in [-0.25, -0.2) is 4.79 Å². The number of aromatic carboxylic acids is 1. The van der Waals surface area contributed by atoms with E-state index in [1.54, 1.807) is 24.3 Å². The van der Waals surface area contributed by atoms with Crippen LogP contribution >= 0.6 is 0 Å². The van der Waals surface area contributed by atoms with Gasteiger partial charge >= 0.3 is 5.97 Å². The first-order valence-corrected chi connectivity index (χ1v) is 4.70. The van der Waals surface area contributed by atoms with Crippen LogP contribution < -0.4 is 0 Å². The van der Waals surface area contributed by atoms with Crippen LogP contribution in [0.15, 0.2) is 42.5 Å². The molecule has 0 amide bonds. The summed E-state index contributed by atoms with van der Waals surface area (Å²) in [7, 11) is 0. The van der Waals surface area contributed by atoms with E-state index in [0.29, 0.717) is 5.56 Å². The maximum Gasteiger partial charge on any atom is 0.352 e. The molecular weight excluding hydrogens is 206 g/mol. The summed E-state index contributed by atoms with van der Waals surface area (Å²) in [5.41, 5.74) is 0.823. The number of aromatic amines is 1. The molecule has 2 N–H and O–H groups in total. The van der Waals surface area contributed by atoms with E-state index in [-0.39, 0.29) is 17.2 Å². The predicted octanol–water partition coefficient (Wildman–Crippen LogP) is 1.94. The average molecular weight is 215 g/mol. The van der Waals surface area contributed by atoms with E-state index in [9.17, 15) is 9.59 Å². The SMILES string of the molecule is O=C(O)c1ccc(C(=O)c2ccccc2)[nH]1. The number of carbonyl (C=O) groups excluding carboxylic acids is 1. The van der Waals surface area contributed by atoms with Crippen molar-refractivity contribution in [2.45, 2.75) is 0 Å². The van der Waals surface area contributed by atoms with Gasteiger partial charge in [0.25, 0.3) is 0 Å². The summed E-state index contributed by atoms with van der Waals surface area (Å²) >= 11 is 0. The molecule has 80 valence electrons. The van der Waals surface area contributed by atoms with Crippen molar-refractivity contribution in [1.82, 2.24) is 4.98 Å². The summed E-state index contributed by atoms with van der Waals surface area (Å²) in [5, 5.41) is 8.71. The molecule has 4 heteroatoms. The van der Waals surface area contributed by atoms with E-state index in [1.165, 1.54) is 12.1 Å². The number of nitrogens with one attached hydrogen (secondary N) is 1. The Morgan fingerprint density at radius 1 is 0.938 bits per heavy atom. The minimum Gasteiger partial charge on any atom is -0.477 e. The molecule has 0 aliphatic rings. The van der Waals surface area contributed by atoms with Crippen molar-refractivity contribution < 1.29 is 14.7 Å². The quantitative estimate of drug-likeness (QED) is 0.768. The van der Waals surface area contributed by atoms with Crippen molar-refractivity contribution >= 4 is 11.8 Å². The minimum atomic E-state index is -1.08. The summed E-state index contributed by atoms with van der Waals surface area (Å²) < 4.78 is 0. The number of aromatic nitrogens is 1. The summed E-state index contributed by atoms with van der Waals surface area (Å²) in [6.07, 6.45) is 0. The number of hydrogen-bond acceptors (Lipinski definition) is 2. The molecule has 0 saturated heterocycles. The molecule has 0 bridgehead atoms. The highest BCUT2D eigenvalue weighted by Gasteiger charge is 2.12. The standard InChI is InChI=1S/C12H9NO3/c14-11(8-4-2-1-3-5-8)9-6-7-10(13-9)12(15)16/h1-7,13H,(H,15,16). The minimum absolute atomic E-state index is 0.0132. The number of rotatable bonds is 3. The smallest absolute Gasteiger partial charge is 0.352 e. The summed E-state index contributed by atoms with van der Waals surface area (Å²) in [5.74, 6) is -1.29. The predicted molar refractivity (Wildman–Crippen MR) is 57.6 cm³/mol. The number of ketones is 1. The van der Waals surface area contributed by atoms with E-state index < -0.39 is 5.97 Å². The molecule has 2 aromatic rings. The lowest BCUT2D eigenvalue weighted by molar-refractivity contribution is 0.0691. The molecule has 0 aliphatic carbocycles. The number of H-pyrrole nitrogens is 1. The van der Waals surface area contributed by atoms with Crippen molar-refractivity contribution in [2.24, 2.45) is 0 Å². The molecule has 0 radical (unpaired) electrons. The molecule has 0 spiro atoms. The van der Waals surface area contributed by atoms with Crippen LogP contribution in [0.4, 0.5) is 0 Å². The van der Waals surface area contributed by atoms with Gasteiger partial charge in [0.05, 0.1) is 5.69 Å². The Kier molecular flexibility index (Phi) is 2.55. The third-order valence-corrected chi connectivity index (χ3v) is 2.20. The number of carboxylic acid groups (broad SMARTS) is 1. The Balaban J connectivity index is 2.31. The Morgan fingerprint density at radius 2 is 1.56 bits per heavy atom. The van der Waals surface area contributed by atoms with Crippen LogP contribution in [0, 0.1) is 0 Å². The van der Waals surface area contributed by atoms with Crippen LogP contribution in [0.1, 0.15) is 26.5 Å². The lowest BCUT2D eigenvalue weighted by Gasteiger charge is -1.97. The first-order chi connectivity index (χ1) is 7.68. The molecule has 0 fully saturated rings. The third-order valence-electron chi connectivity index (χ3n) is 2.20. The van der Waals surface area contributed by atoms with Crippen molar-refractivity contribution in [2.75, 3.05) is 0 Å². The zero-order valence-corrected chi connectivity index (χ0v) is 8.31. The first-order valence-electron chi connectivity index (χ1n) is 4.70. The highest BCUT2D eigenvalue weighted by molar-refractivity contribution is 6.08. The maximum atomic E-state index is 11.9. The fourth-order valence-electron chi connectivity index (χ4n) is 1.40. The second-order valence-corrected chi connectivity index (χ2v) is 3.29. The van der Waals surface area contributed by atoms with Crippen LogP contribution in [-0.4, -0.2) is 21.8 Å². The van der Waals surface area contributed by atoms with Gasteiger partial charge < -0.3 is 10.1 Å². The number of hydrogen-bond donors (Lipinski definition) is 2. The van der Waals surface area contributed by atoms with Gasteiger partial charge in [-0.15, -0.1) is 0 Å². The summed E-state index contributed by atoms with van der Waals surface area (Å²) in [6.45, 7) is 0. The monoisotopic (exact) mass is 215 g/mol. The molecule has 1 aromatic heterocycles. The summed E-state index contributed by atoms with van der Waals surface area (Å²) in [4.78, 5) is 25.1. The Hall–Kier alpha value is -2.36. The fourth-order valence-corrected chi connectivity index (χ4v) is 1.40. The van der Waals surface area contributed by atoms with Crippen LogP contribution in [0.3, 0.4) is 0 Å². The lowest BCUT2D eigenvalue weighted by Crippen LogP contribution is -2.03. The Bertz CT molecular complexity index is 528. The molecule has 4 nitrogen and oxygen atoms in total. The third kappa shape index (κ3) is 1.86. The zero-order valence-electron chi connectivity index (χ0n) is 8.31. The van der Waals surface area contributed by atoms with Gasteiger partial charge in [-0.3, -0.25) is 4.79 Å². The molecule has 1 heterocycles. The maximum absolute atomic E-state index is 11.9. The molecule has 16 heavy (non-hydrogen) atoms. The number of carbonyl (C=O) groups is 2. The topological polar surface area (TPSA) is 70.2 Å². The Labute approximate surface area is 91.5 Å². The highest BCUT2D eigenvalue weighted by atomic mass is 16.4. The van der Waals surface area contributed by atoms with Crippen LogP contribution in [0.25, 0.3) is 0 Å². The van der Waals surface area contributed by atoms with E-state index >= 15 is 0 Å². The highest BCUT2D eigenvalue weighted by Crippen LogP contribution is 2.09. The Morgan fingerprint density at radius 3 is 2.12 bits per heavy atom. The molecular formula is C12H9NO3. The van der Waals surface area contributed by atoms with Crippen LogP contribution in [-0.2, 0) is 0 Å². The van der Waals surface area contributed by atoms with Gasteiger partial charge in [-0.05, 0) is 12.1 Å². The molecule has 2 rings (SSSR count). The largest absolute Gasteiger partial charge is 0.477 e. The van der Waals surface area contributed by atoms with Gasteiger partial charge in [0.15, 0.2) is 0 Å². The van der Waals surface area contributed by atoms with Gasteiger partial charge in [-0.2, -0.15) is 0 Å². The van der Waals surface area contributed by atoms with Crippen LogP contribution in [0.5, 0.6) is 0 Å². The summed E-state index contributed by atoms with van der Waals surface area (Å²) in [6, 6.07) is 11.5. The second kappa shape index (κ2) is 4.02. The van der Waals surface area contributed by atoms with Gasteiger partial charge in [0.2, 0.25) is 5.78 Å². The van der Waals surface area contributed by atoms with E-state index in [2.05, 4.69) is 4.98 Å². The second-order valence-electron chi connectivity index (χ2n) is 3.29. The molecule has 0 aliphatic heterocycles. The zero-order chi connectivity index (χ0) is 11.5. The molecule has 0 unspecified atom stereocenters. The first kappa shape index (κ1) is 10.2. The van der Waals surface area contributed by atoms with Gasteiger partial charge in [0.1, 0.15) is 5.69 Å². The molecule has 0 atom stereocenters. The average Bonchev–Trinajstić information content (AvgIpc) is 2.78. The number of carboxylic acids is 1. The van der Waals surface area contributed by atoms with E-state index in [1.807, 2.05) is 6.07 Å². The molecule has 1 aromatic carbocycles. The lowest BCUT2D eigenvalue weighted by atomic mass is 10.1. The van der Waals surface area contributed by atoms with Crippen molar-refractivity contribution in [3.05, 3.63) is 59.4 Å². The normalized spacial score (nSPS) is 10.0. The van der Waals surface area contributed by atoms with Gasteiger partial charge in [-0.1, -0.05) is 30.3 Å². The fraction of sp³-hybridized carbons (Fsp3) is 0. The van der Waals surface area contributed by atoms with E-state index in [0.717, 1.165) is 0 Å². The van der Waals surface area contributed by atoms with Crippen molar-refractivity contribution in [3.63, 3.8) is 0 Å². The van der Waals surface area contributed by atoms with Crippen molar-refractivity contribution in [1.29, 1.82) is 0 Å². The van der Waals surface area contributed by atoms with Crippen molar-refractivity contribution in [3.8, 4) is 0 Å². The molecule has 0 saturated carbocycles.